The van der Waals surface area contributed by atoms with Crippen LogP contribution in [0, 0.1) is 0 Å². The second kappa shape index (κ2) is 11.1. The van der Waals surface area contributed by atoms with Crippen LogP contribution in [0.4, 0.5) is 5.69 Å². The molecule has 0 radical (unpaired) electrons. The molecule has 0 saturated carbocycles. The molecule has 5 rings (SSSR count). The Bertz CT molecular complexity index is 1210. The van der Waals surface area contributed by atoms with Crippen LogP contribution in [-0.4, -0.2) is 56.0 Å². The predicted octanol–water partition coefficient (Wildman–Crippen LogP) is 3.70. The number of nitrogens with one attached hydrogen (secondary N) is 1. The van der Waals surface area contributed by atoms with Gasteiger partial charge in [-0.05, 0) is 34.9 Å². The zero-order valence-corrected chi connectivity index (χ0v) is 21.1. The maximum absolute atomic E-state index is 13.4. The van der Waals surface area contributed by atoms with Crippen LogP contribution in [-0.2, 0) is 9.59 Å². The molecule has 0 aliphatic carbocycles. The highest BCUT2D eigenvalue weighted by atomic mass is 35.5. The summed E-state index contributed by atoms with van der Waals surface area (Å²) in [5.41, 5.74) is 4.55. The largest absolute Gasteiger partial charge is 0.360 e. The highest BCUT2D eigenvalue weighted by Crippen LogP contribution is 2.33. The molecule has 0 bridgehead atoms. The van der Waals surface area contributed by atoms with Crippen molar-refractivity contribution < 1.29 is 14.5 Å². The van der Waals surface area contributed by atoms with Crippen molar-refractivity contribution in [3.63, 3.8) is 0 Å². The van der Waals surface area contributed by atoms with Crippen molar-refractivity contribution in [2.45, 2.75) is 12.8 Å². The molecule has 0 spiro atoms. The summed E-state index contributed by atoms with van der Waals surface area (Å²) in [7, 11) is 0. The minimum Gasteiger partial charge on any atom is -0.360 e. The first kappa shape index (κ1) is 24.3. The Labute approximate surface area is 217 Å². The fourth-order valence-electron chi connectivity index (χ4n) is 5.24. The van der Waals surface area contributed by atoms with Gasteiger partial charge in [0.15, 0.2) is 0 Å². The number of hydrogen-bond donors (Lipinski definition) is 1. The topological polar surface area (TPSA) is 45.1 Å². The van der Waals surface area contributed by atoms with Gasteiger partial charge in [0.2, 0.25) is 5.91 Å². The van der Waals surface area contributed by atoms with E-state index in [0.717, 1.165) is 60.9 Å². The molecule has 2 fully saturated rings. The number of carbonyl (C=O) groups is 2. The van der Waals surface area contributed by atoms with E-state index in [2.05, 4.69) is 11.0 Å². The Hall–Kier alpha value is -3.41. The summed E-state index contributed by atoms with van der Waals surface area (Å²) in [6, 6.07) is 27.8. The van der Waals surface area contributed by atoms with Gasteiger partial charge >= 0.3 is 0 Å². The first-order valence-electron chi connectivity index (χ1n) is 12.6. The van der Waals surface area contributed by atoms with Gasteiger partial charge in [0.1, 0.15) is 0 Å². The molecule has 2 saturated heterocycles. The maximum Gasteiger partial charge on any atom is 0.257 e. The number of imide groups is 1. The normalized spacial score (nSPS) is 16.6. The minimum absolute atomic E-state index is 0.0971. The molecule has 5 nitrogen and oxygen atoms in total. The molecule has 0 atom stereocenters. The Morgan fingerprint density at radius 3 is 2.08 bits per heavy atom. The summed E-state index contributed by atoms with van der Waals surface area (Å²) < 4.78 is 0. The fraction of sp³-hybridized carbons (Fsp3) is 0.267. The van der Waals surface area contributed by atoms with Gasteiger partial charge in [-0.3, -0.25) is 14.5 Å². The Morgan fingerprint density at radius 2 is 1.47 bits per heavy atom. The molecule has 36 heavy (non-hydrogen) atoms. The van der Waals surface area contributed by atoms with E-state index in [-0.39, 0.29) is 18.2 Å². The van der Waals surface area contributed by atoms with Crippen LogP contribution >= 0.6 is 11.6 Å². The average molecular weight is 501 g/mol. The molecule has 0 unspecified atom stereocenters. The lowest BCUT2D eigenvalue weighted by Crippen LogP contribution is -3.15. The zero-order valence-electron chi connectivity index (χ0n) is 20.3. The van der Waals surface area contributed by atoms with Crippen LogP contribution in [0.1, 0.15) is 24.0 Å². The quantitative estimate of drug-likeness (QED) is 0.397. The average Bonchev–Trinajstić information content (AvgIpc) is 3.18. The van der Waals surface area contributed by atoms with Crippen LogP contribution in [0.5, 0.6) is 0 Å². The van der Waals surface area contributed by atoms with Crippen LogP contribution in [0.25, 0.3) is 5.57 Å². The number of benzene rings is 3. The van der Waals surface area contributed by atoms with Crippen molar-refractivity contribution in [1.29, 1.82) is 0 Å². The van der Waals surface area contributed by atoms with Gasteiger partial charge < -0.3 is 9.80 Å². The standard InChI is InChI=1S/C30H30ClN3O2/c31-25-13-7-14-26(21-25)33-19-17-32(18-20-33)15-8-16-34-28(35)22-27(30(34)36)29(23-9-3-1-4-10-23)24-11-5-2-6-12-24/h1-7,9-14,21H,8,15-20,22H2/p+1. The highest BCUT2D eigenvalue weighted by Gasteiger charge is 2.36. The first-order valence-corrected chi connectivity index (χ1v) is 13.0. The van der Waals surface area contributed by atoms with Crippen molar-refractivity contribution in [2.75, 3.05) is 44.2 Å². The number of anilines is 1. The number of amides is 2. The molecule has 0 aromatic heterocycles. The smallest absolute Gasteiger partial charge is 0.257 e. The molecule has 2 amide bonds. The maximum atomic E-state index is 13.4. The summed E-state index contributed by atoms with van der Waals surface area (Å²) >= 11 is 6.15. The number of nitrogens with zero attached hydrogens (tertiary/aromatic N) is 2. The summed E-state index contributed by atoms with van der Waals surface area (Å²) in [6.07, 6.45) is 0.965. The van der Waals surface area contributed by atoms with Crippen molar-refractivity contribution in [3.8, 4) is 0 Å². The number of piperazine rings is 1. The lowest BCUT2D eigenvalue weighted by molar-refractivity contribution is -0.900. The van der Waals surface area contributed by atoms with Crippen LogP contribution in [0.2, 0.25) is 5.02 Å². The summed E-state index contributed by atoms with van der Waals surface area (Å²) in [5, 5.41) is 0.762. The van der Waals surface area contributed by atoms with E-state index in [4.69, 9.17) is 11.6 Å². The lowest BCUT2D eigenvalue weighted by Gasteiger charge is -2.34. The van der Waals surface area contributed by atoms with Crippen molar-refractivity contribution >= 4 is 34.7 Å². The molecule has 2 heterocycles. The highest BCUT2D eigenvalue weighted by molar-refractivity contribution is 6.30. The van der Waals surface area contributed by atoms with E-state index in [9.17, 15) is 9.59 Å². The summed E-state index contributed by atoms with van der Waals surface area (Å²) in [5.74, 6) is -0.247. The minimum atomic E-state index is -0.150. The monoisotopic (exact) mass is 500 g/mol. The third kappa shape index (κ3) is 5.38. The van der Waals surface area contributed by atoms with E-state index < -0.39 is 0 Å². The fourth-order valence-corrected chi connectivity index (χ4v) is 5.42. The van der Waals surface area contributed by atoms with Gasteiger partial charge in [0, 0.05) is 29.2 Å². The van der Waals surface area contributed by atoms with Crippen LogP contribution in [0.3, 0.4) is 0 Å². The Balaban J connectivity index is 1.22. The first-order chi connectivity index (χ1) is 17.6. The Morgan fingerprint density at radius 1 is 0.833 bits per heavy atom. The van der Waals surface area contributed by atoms with E-state index >= 15 is 0 Å². The van der Waals surface area contributed by atoms with Gasteiger partial charge in [0.25, 0.3) is 5.91 Å². The number of carbonyl (C=O) groups excluding carboxylic acids is 2. The number of quaternary nitrogens is 1. The van der Waals surface area contributed by atoms with Gasteiger partial charge in [-0.1, -0.05) is 78.3 Å². The van der Waals surface area contributed by atoms with Crippen molar-refractivity contribution in [2.24, 2.45) is 0 Å². The molecule has 1 N–H and O–H groups in total. The molecule has 3 aromatic rings. The summed E-state index contributed by atoms with van der Waals surface area (Å²) in [6.45, 7) is 5.43. The van der Waals surface area contributed by atoms with E-state index in [1.165, 1.54) is 15.5 Å². The predicted molar refractivity (Wildman–Crippen MR) is 144 cm³/mol. The van der Waals surface area contributed by atoms with Crippen molar-refractivity contribution in [1.82, 2.24) is 4.90 Å². The third-order valence-corrected chi connectivity index (χ3v) is 7.35. The second-order valence-corrected chi connectivity index (χ2v) is 9.87. The number of likely N-dealkylation sites (tertiary alicyclic amines) is 1. The molecule has 2 aliphatic heterocycles. The number of halogens is 1. The molecule has 184 valence electrons. The Kier molecular flexibility index (Phi) is 7.49. The number of rotatable bonds is 7. The van der Waals surface area contributed by atoms with E-state index in [1.807, 2.05) is 78.9 Å². The third-order valence-electron chi connectivity index (χ3n) is 7.12. The van der Waals surface area contributed by atoms with Crippen LogP contribution in [0.15, 0.2) is 90.5 Å². The van der Waals surface area contributed by atoms with Crippen LogP contribution < -0.4 is 9.80 Å². The SMILES string of the molecule is O=C1CC(=C(c2ccccc2)c2ccccc2)C(=O)N1CCC[NH+]1CCN(c2cccc(Cl)c2)CC1. The lowest BCUT2D eigenvalue weighted by atomic mass is 9.92. The van der Waals surface area contributed by atoms with Gasteiger partial charge in [-0.15, -0.1) is 0 Å². The van der Waals surface area contributed by atoms with E-state index in [0.29, 0.717) is 12.1 Å². The molecular formula is C30H31ClN3O2+. The molecule has 2 aliphatic rings. The second-order valence-electron chi connectivity index (χ2n) is 9.43. The van der Waals surface area contributed by atoms with Gasteiger partial charge in [-0.25, -0.2) is 0 Å². The molecular weight excluding hydrogens is 470 g/mol. The zero-order chi connectivity index (χ0) is 24.9. The molecule has 6 heteroatoms. The number of hydrogen-bond acceptors (Lipinski definition) is 3. The van der Waals surface area contributed by atoms with Crippen molar-refractivity contribution in [3.05, 3.63) is 107 Å². The van der Waals surface area contributed by atoms with Gasteiger partial charge in [-0.2, -0.15) is 0 Å². The summed E-state index contributed by atoms with van der Waals surface area (Å²) in [4.78, 5) is 31.7. The van der Waals surface area contributed by atoms with E-state index in [1.54, 1.807) is 0 Å². The van der Waals surface area contributed by atoms with Gasteiger partial charge in [0.05, 0.1) is 39.1 Å². The molecule has 3 aromatic carbocycles.